The van der Waals surface area contributed by atoms with Crippen molar-refractivity contribution in [2.24, 2.45) is 18.7 Å². The second kappa shape index (κ2) is 10.7. The molecule has 2 aromatic rings. The molecule has 4 rings (SSSR count). The first-order chi connectivity index (χ1) is 17.3. The van der Waals surface area contributed by atoms with Crippen molar-refractivity contribution in [3.05, 3.63) is 35.5 Å². The van der Waals surface area contributed by atoms with Crippen LogP contribution in [0.4, 0.5) is 0 Å². The van der Waals surface area contributed by atoms with E-state index in [1.807, 2.05) is 0 Å². The first kappa shape index (κ1) is 25.7. The minimum atomic E-state index is -1.50. The number of carbonyl (C=O) groups is 3. The fraction of sp³-hybridized carbons (Fsp3) is 0.538. The maximum Gasteiger partial charge on any atom is 0.352 e. The summed E-state index contributed by atoms with van der Waals surface area (Å²) in [6, 6.07) is 8.56. The Morgan fingerprint density at radius 1 is 1.28 bits per heavy atom. The van der Waals surface area contributed by atoms with Crippen molar-refractivity contribution in [1.82, 2.24) is 14.8 Å². The van der Waals surface area contributed by atoms with E-state index in [1.54, 1.807) is 35.9 Å². The van der Waals surface area contributed by atoms with Crippen LogP contribution >= 0.6 is 0 Å². The molecule has 2 amide bonds. The maximum absolute atomic E-state index is 13.7. The Kier molecular flexibility index (Phi) is 7.62. The van der Waals surface area contributed by atoms with Gasteiger partial charge in [-0.2, -0.15) is 5.26 Å². The third-order valence-electron chi connectivity index (χ3n) is 7.73. The summed E-state index contributed by atoms with van der Waals surface area (Å²) in [7, 11) is 1.64. The van der Waals surface area contributed by atoms with Gasteiger partial charge in [0.05, 0.1) is 30.6 Å². The molecular formula is C26H33N5O5. The smallest absolute Gasteiger partial charge is 0.352 e. The number of fused-ring (bicyclic) bond motifs is 1. The summed E-state index contributed by atoms with van der Waals surface area (Å²) in [6.45, 7) is 3.48. The average molecular weight is 496 g/mol. The number of carboxylic acid groups (broad SMARTS) is 1. The molecule has 3 atom stereocenters. The highest BCUT2D eigenvalue weighted by Crippen LogP contribution is 2.48. The molecule has 192 valence electrons. The van der Waals surface area contributed by atoms with E-state index in [2.05, 4.69) is 16.3 Å². The number of carboxylic acids is 1. The summed E-state index contributed by atoms with van der Waals surface area (Å²) >= 11 is 0. The number of aryl methyl sites for hydroxylation is 1. The van der Waals surface area contributed by atoms with Crippen LogP contribution in [0.15, 0.2) is 24.3 Å². The monoisotopic (exact) mass is 495 g/mol. The third kappa shape index (κ3) is 4.56. The second-order valence-corrected chi connectivity index (χ2v) is 9.67. The van der Waals surface area contributed by atoms with Gasteiger partial charge in [-0.25, -0.2) is 4.79 Å². The average Bonchev–Trinajstić information content (AvgIpc) is 3.19. The van der Waals surface area contributed by atoms with E-state index in [0.29, 0.717) is 61.9 Å². The van der Waals surface area contributed by atoms with Crippen LogP contribution in [0.5, 0.6) is 0 Å². The number of nitrogens with one attached hydrogen (secondary N) is 1. The Morgan fingerprint density at radius 3 is 2.67 bits per heavy atom. The number of nitriles is 1. The molecule has 10 nitrogen and oxygen atoms in total. The SMILES string of the molecule is Cn1c(C(=O)O)c([C@]2(C(N)=O)CCCC[C@H]2C(=O)N[C@H](C#N)CCN2CCOCC2)c2ccccc21. The predicted octanol–water partition coefficient (Wildman–Crippen LogP) is 1.52. The number of morpholine rings is 1. The van der Waals surface area contributed by atoms with E-state index in [9.17, 15) is 24.8 Å². The van der Waals surface area contributed by atoms with Gasteiger partial charge in [-0.1, -0.05) is 31.0 Å². The zero-order valence-corrected chi connectivity index (χ0v) is 20.5. The minimum Gasteiger partial charge on any atom is -0.477 e. The molecule has 2 fully saturated rings. The van der Waals surface area contributed by atoms with E-state index >= 15 is 0 Å². The van der Waals surface area contributed by atoms with Crippen molar-refractivity contribution in [2.45, 2.75) is 43.6 Å². The summed E-state index contributed by atoms with van der Waals surface area (Å²) in [4.78, 5) is 41.6. The number of ether oxygens (including phenoxy) is 1. The Hall–Kier alpha value is -3.42. The topological polar surface area (TPSA) is 151 Å². The van der Waals surface area contributed by atoms with E-state index in [0.717, 1.165) is 13.1 Å². The first-order valence-corrected chi connectivity index (χ1v) is 12.4. The fourth-order valence-corrected chi connectivity index (χ4v) is 5.92. The highest BCUT2D eigenvalue weighted by Gasteiger charge is 2.54. The van der Waals surface area contributed by atoms with E-state index < -0.39 is 35.2 Å². The number of amides is 2. The van der Waals surface area contributed by atoms with Crippen molar-refractivity contribution in [3.63, 3.8) is 0 Å². The first-order valence-electron chi connectivity index (χ1n) is 12.4. The number of para-hydroxylation sites is 1. The zero-order valence-electron chi connectivity index (χ0n) is 20.5. The molecule has 1 aromatic heterocycles. The lowest BCUT2D eigenvalue weighted by atomic mass is 9.60. The summed E-state index contributed by atoms with van der Waals surface area (Å²) < 4.78 is 6.90. The molecule has 2 aliphatic rings. The standard InChI is InChI=1S/C26H33N5O5/c1-30-20-8-3-2-6-18(20)21(22(30)24(33)34)26(25(28)35)10-5-4-7-19(26)23(32)29-17(16-27)9-11-31-12-14-36-15-13-31/h2-3,6,8,17,19H,4-5,7,9-15H2,1H3,(H2,28,35)(H,29,32)(H,33,34)/t17-,19-,26-/m0/s1. The van der Waals surface area contributed by atoms with Crippen molar-refractivity contribution >= 4 is 28.7 Å². The van der Waals surface area contributed by atoms with E-state index in [-0.39, 0.29) is 12.1 Å². The van der Waals surface area contributed by atoms with Crippen molar-refractivity contribution in [2.75, 3.05) is 32.8 Å². The number of rotatable bonds is 8. The van der Waals surface area contributed by atoms with Gasteiger partial charge in [-0.05, 0) is 25.3 Å². The van der Waals surface area contributed by atoms with Gasteiger partial charge < -0.3 is 25.5 Å². The molecule has 0 unspecified atom stereocenters. The quantitative estimate of drug-likeness (QED) is 0.502. The van der Waals surface area contributed by atoms with E-state index in [4.69, 9.17) is 10.5 Å². The van der Waals surface area contributed by atoms with Gasteiger partial charge in [0, 0.05) is 43.1 Å². The number of benzene rings is 1. The molecule has 1 aromatic carbocycles. The highest BCUT2D eigenvalue weighted by atomic mass is 16.5. The molecule has 1 saturated carbocycles. The van der Waals surface area contributed by atoms with Crippen LogP contribution in [0.2, 0.25) is 0 Å². The molecule has 10 heteroatoms. The van der Waals surface area contributed by atoms with Crippen LogP contribution in [0.25, 0.3) is 10.9 Å². The largest absolute Gasteiger partial charge is 0.477 e. The van der Waals surface area contributed by atoms with Gasteiger partial charge in [0.2, 0.25) is 11.8 Å². The highest BCUT2D eigenvalue weighted by molar-refractivity contribution is 6.06. The van der Waals surface area contributed by atoms with Crippen molar-refractivity contribution in [3.8, 4) is 6.07 Å². The number of primary amides is 1. The lowest BCUT2D eigenvalue weighted by Gasteiger charge is -2.41. The summed E-state index contributed by atoms with van der Waals surface area (Å²) in [5.41, 5.74) is 5.45. The van der Waals surface area contributed by atoms with Crippen LogP contribution < -0.4 is 11.1 Å². The third-order valence-corrected chi connectivity index (χ3v) is 7.73. The molecule has 1 saturated heterocycles. The number of hydrogen-bond acceptors (Lipinski definition) is 6. The maximum atomic E-state index is 13.7. The van der Waals surface area contributed by atoms with Crippen molar-refractivity contribution < 1.29 is 24.2 Å². The number of aromatic carboxylic acids is 1. The second-order valence-electron chi connectivity index (χ2n) is 9.67. The lowest BCUT2D eigenvalue weighted by molar-refractivity contribution is -0.137. The van der Waals surface area contributed by atoms with Crippen LogP contribution in [-0.2, 0) is 26.8 Å². The van der Waals surface area contributed by atoms with Crippen LogP contribution in [0.3, 0.4) is 0 Å². The Balaban J connectivity index is 1.70. The van der Waals surface area contributed by atoms with Crippen LogP contribution in [-0.4, -0.2) is 71.2 Å². The number of nitrogens with two attached hydrogens (primary N) is 1. The molecule has 1 aliphatic carbocycles. The normalized spacial score (nSPS) is 23.6. The molecule has 0 spiro atoms. The van der Waals surface area contributed by atoms with Crippen molar-refractivity contribution in [1.29, 1.82) is 5.26 Å². The lowest BCUT2D eigenvalue weighted by Crippen LogP contribution is -2.56. The van der Waals surface area contributed by atoms with Gasteiger partial charge in [-0.3, -0.25) is 14.5 Å². The fourth-order valence-electron chi connectivity index (χ4n) is 5.92. The number of hydrogen-bond donors (Lipinski definition) is 3. The minimum absolute atomic E-state index is 0.0427. The van der Waals surface area contributed by atoms with E-state index in [1.165, 1.54) is 0 Å². The summed E-state index contributed by atoms with van der Waals surface area (Å²) in [6.07, 6.45) is 2.41. The Labute approximate surface area is 210 Å². The van der Waals surface area contributed by atoms with Gasteiger partial charge in [0.25, 0.3) is 0 Å². The zero-order chi connectivity index (χ0) is 25.9. The molecule has 1 aliphatic heterocycles. The molecule has 0 bridgehead atoms. The van der Waals surface area contributed by atoms with Gasteiger partial charge in [0.15, 0.2) is 0 Å². The number of aromatic nitrogens is 1. The summed E-state index contributed by atoms with van der Waals surface area (Å²) in [5.74, 6) is -3.23. The molecular weight excluding hydrogens is 462 g/mol. The molecule has 2 heterocycles. The Bertz CT molecular complexity index is 1200. The predicted molar refractivity (Wildman–Crippen MR) is 132 cm³/mol. The molecule has 0 radical (unpaired) electrons. The number of carbonyl (C=O) groups excluding carboxylic acids is 2. The van der Waals surface area contributed by atoms with Gasteiger partial charge in [-0.15, -0.1) is 0 Å². The van der Waals surface area contributed by atoms with Gasteiger partial charge >= 0.3 is 5.97 Å². The van der Waals surface area contributed by atoms with Crippen LogP contribution in [0.1, 0.15) is 48.2 Å². The Morgan fingerprint density at radius 2 is 2.00 bits per heavy atom. The van der Waals surface area contributed by atoms with Gasteiger partial charge in [0.1, 0.15) is 11.7 Å². The van der Waals surface area contributed by atoms with Crippen LogP contribution in [0, 0.1) is 17.2 Å². The molecule has 4 N–H and O–H groups in total. The molecule has 36 heavy (non-hydrogen) atoms. The number of nitrogens with zero attached hydrogens (tertiary/aromatic N) is 3. The summed E-state index contributed by atoms with van der Waals surface area (Å²) in [5, 5.41) is 23.3.